The summed E-state index contributed by atoms with van der Waals surface area (Å²) in [5.41, 5.74) is 3.61. The molecule has 3 aromatic carbocycles. The van der Waals surface area contributed by atoms with Crippen molar-refractivity contribution in [2.75, 3.05) is 12.0 Å². The number of benzene rings is 3. The minimum atomic E-state index is -0.859. The number of hydrogen-bond acceptors (Lipinski definition) is 4. The first kappa shape index (κ1) is 22.3. The number of carbonyl (C=O) groups excluding carboxylic acids is 2. The lowest BCUT2D eigenvalue weighted by Gasteiger charge is -2.27. The lowest BCUT2D eigenvalue weighted by atomic mass is 9.94. The Morgan fingerprint density at radius 2 is 1.64 bits per heavy atom. The molecule has 1 saturated heterocycles. The minimum absolute atomic E-state index is 0.0452. The molecule has 0 bridgehead atoms. The average Bonchev–Trinajstić information content (AvgIpc) is 3.06. The zero-order chi connectivity index (χ0) is 23.9. The molecule has 3 aromatic rings. The molecule has 4 rings (SSSR count). The Labute approximate surface area is 191 Å². The third-order valence-corrected chi connectivity index (χ3v) is 5.92. The van der Waals surface area contributed by atoms with Crippen molar-refractivity contribution in [3.63, 3.8) is 0 Å². The zero-order valence-corrected chi connectivity index (χ0v) is 18.8. The van der Waals surface area contributed by atoms with Gasteiger partial charge in [0.1, 0.15) is 17.3 Å². The van der Waals surface area contributed by atoms with Gasteiger partial charge in [0.15, 0.2) is 0 Å². The number of nitrogens with zero attached hydrogens (tertiary/aromatic N) is 1. The van der Waals surface area contributed by atoms with Crippen LogP contribution in [0.1, 0.15) is 33.9 Å². The predicted molar refractivity (Wildman–Crippen MR) is 125 cm³/mol. The van der Waals surface area contributed by atoms with Crippen LogP contribution in [0.4, 0.5) is 10.1 Å². The predicted octanol–water partition coefficient (Wildman–Crippen LogP) is 5.39. The first-order valence-electron chi connectivity index (χ1n) is 10.5. The molecular formula is C27H24FNO4. The largest absolute Gasteiger partial charge is 0.507 e. The molecule has 5 nitrogen and oxygen atoms in total. The number of ketones is 1. The van der Waals surface area contributed by atoms with Gasteiger partial charge < -0.3 is 9.84 Å². The number of aliphatic hydroxyl groups is 1. The number of anilines is 1. The van der Waals surface area contributed by atoms with E-state index in [0.717, 1.165) is 11.1 Å². The Morgan fingerprint density at radius 1 is 0.939 bits per heavy atom. The first-order valence-corrected chi connectivity index (χ1v) is 10.5. The fourth-order valence-corrected chi connectivity index (χ4v) is 4.21. The van der Waals surface area contributed by atoms with Crippen molar-refractivity contribution in [1.82, 2.24) is 0 Å². The molecule has 1 heterocycles. The number of aliphatic hydroxyl groups excluding tert-OH is 1. The third-order valence-electron chi connectivity index (χ3n) is 5.92. The quantitative estimate of drug-likeness (QED) is 0.332. The number of halogens is 1. The van der Waals surface area contributed by atoms with Crippen molar-refractivity contribution in [2.45, 2.75) is 26.8 Å². The van der Waals surface area contributed by atoms with Crippen LogP contribution in [0.25, 0.3) is 5.76 Å². The van der Waals surface area contributed by atoms with Crippen LogP contribution >= 0.6 is 0 Å². The molecule has 1 aliphatic heterocycles. The summed E-state index contributed by atoms with van der Waals surface area (Å²) < 4.78 is 19.1. The maximum absolute atomic E-state index is 13.8. The van der Waals surface area contributed by atoms with Gasteiger partial charge in [0.2, 0.25) is 0 Å². The topological polar surface area (TPSA) is 66.8 Å². The Bertz CT molecular complexity index is 1290. The average molecular weight is 445 g/mol. The number of ether oxygens (including phenoxy) is 1. The van der Waals surface area contributed by atoms with Gasteiger partial charge in [-0.15, -0.1) is 0 Å². The van der Waals surface area contributed by atoms with E-state index in [2.05, 4.69) is 0 Å². The lowest BCUT2D eigenvalue weighted by molar-refractivity contribution is -0.132. The Kier molecular flexibility index (Phi) is 5.77. The maximum Gasteiger partial charge on any atom is 0.300 e. The van der Waals surface area contributed by atoms with Crippen LogP contribution in [-0.2, 0) is 9.59 Å². The van der Waals surface area contributed by atoms with Gasteiger partial charge in [-0.25, -0.2) is 4.39 Å². The molecular weight excluding hydrogens is 421 g/mol. The van der Waals surface area contributed by atoms with E-state index in [1.807, 2.05) is 26.0 Å². The molecule has 0 saturated carbocycles. The monoisotopic (exact) mass is 445 g/mol. The van der Waals surface area contributed by atoms with Crippen LogP contribution in [-0.4, -0.2) is 23.9 Å². The number of Topliss-reactive ketones (excluding diaryl/α,β-unsaturated/α-hetero) is 1. The van der Waals surface area contributed by atoms with Gasteiger partial charge in [0.05, 0.1) is 18.7 Å². The van der Waals surface area contributed by atoms with Gasteiger partial charge in [0.25, 0.3) is 11.7 Å². The molecule has 1 amide bonds. The van der Waals surface area contributed by atoms with Crippen molar-refractivity contribution >= 4 is 23.1 Å². The third kappa shape index (κ3) is 3.89. The van der Waals surface area contributed by atoms with E-state index in [0.29, 0.717) is 22.6 Å². The summed E-state index contributed by atoms with van der Waals surface area (Å²) in [5.74, 6) is -1.67. The number of rotatable bonds is 4. The highest BCUT2D eigenvalue weighted by Crippen LogP contribution is 2.43. The summed E-state index contributed by atoms with van der Waals surface area (Å²) in [6.07, 6.45) is 0. The second kappa shape index (κ2) is 8.54. The van der Waals surface area contributed by atoms with E-state index < -0.39 is 23.5 Å². The van der Waals surface area contributed by atoms with Crippen LogP contribution in [0.3, 0.4) is 0 Å². The summed E-state index contributed by atoms with van der Waals surface area (Å²) in [6, 6.07) is 15.8. The van der Waals surface area contributed by atoms with E-state index in [-0.39, 0.29) is 16.9 Å². The van der Waals surface area contributed by atoms with Crippen molar-refractivity contribution in [3.05, 3.63) is 99.9 Å². The van der Waals surface area contributed by atoms with Crippen molar-refractivity contribution in [1.29, 1.82) is 0 Å². The van der Waals surface area contributed by atoms with E-state index in [9.17, 15) is 19.1 Å². The van der Waals surface area contributed by atoms with Crippen LogP contribution in [0.2, 0.25) is 0 Å². The van der Waals surface area contributed by atoms with Gasteiger partial charge >= 0.3 is 0 Å². The zero-order valence-electron chi connectivity index (χ0n) is 18.8. The number of aryl methyl sites for hydroxylation is 3. The molecule has 1 aliphatic rings. The minimum Gasteiger partial charge on any atom is -0.507 e. The number of amides is 1. The second-order valence-corrected chi connectivity index (χ2v) is 8.20. The molecule has 6 heteroatoms. The molecule has 1 unspecified atom stereocenters. The molecule has 0 aliphatic carbocycles. The fraction of sp³-hybridized carbons (Fsp3) is 0.185. The van der Waals surface area contributed by atoms with E-state index >= 15 is 0 Å². The van der Waals surface area contributed by atoms with E-state index in [1.165, 1.54) is 23.1 Å². The van der Waals surface area contributed by atoms with E-state index in [4.69, 9.17) is 4.74 Å². The van der Waals surface area contributed by atoms with Crippen LogP contribution in [0.15, 0.2) is 66.2 Å². The van der Waals surface area contributed by atoms with Gasteiger partial charge in [-0.05, 0) is 73.9 Å². The normalized spacial score (nSPS) is 17.5. The highest BCUT2D eigenvalue weighted by atomic mass is 19.1. The van der Waals surface area contributed by atoms with Crippen LogP contribution < -0.4 is 9.64 Å². The van der Waals surface area contributed by atoms with Gasteiger partial charge in [-0.2, -0.15) is 0 Å². The second-order valence-electron chi connectivity index (χ2n) is 8.20. The Balaban J connectivity index is 1.96. The smallest absolute Gasteiger partial charge is 0.300 e. The Morgan fingerprint density at radius 3 is 2.24 bits per heavy atom. The summed E-state index contributed by atoms with van der Waals surface area (Å²) in [7, 11) is 1.55. The van der Waals surface area contributed by atoms with E-state index in [1.54, 1.807) is 44.4 Å². The van der Waals surface area contributed by atoms with Crippen LogP contribution in [0.5, 0.6) is 5.75 Å². The van der Waals surface area contributed by atoms with Crippen molar-refractivity contribution in [2.24, 2.45) is 0 Å². The molecule has 168 valence electrons. The summed E-state index contributed by atoms with van der Waals surface area (Å²) in [6.45, 7) is 5.39. The number of methoxy groups -OCH3 is 1. The maximum atomic E-state index is 13.8. The van der Waals surface area contributed by atoms with Gasteiger partial charge in [-0.3, -0.25) is 14.5 Å². The SMILES string of the molecule is COc1ccc(C2/C(=C(\O)c3ccc(F)c(C)c3)C(=O)C(=O)N2c2ccc(C)cc2C)cc1. The highest BCUT2D eigenvalue weighted by Gasteiger charge is 2.47. The molecule has 33 heavy (non-hydrogen) atoms. The fourth-order valence-electron chi connectivity index (χ4n) is 4.21. The molecule has 1 fully saturated rings. The molecule has 1 N–H and O–H groups in total. The summed E-state index contributed by atoms with van der Waals surface area (Å²) in [5, 5.41) is 11.2. The number of carbonyl (C=O) groups is 2. The van der Waals surface area contributed by atoms with Crippen LogP contribution in [0, 0.1) is 26.6 Å². The number of hydrogen-bond donors (Lipinski definition) is 1. The summed E-state index contributed by atoms with van der Waals surface area (Å²) >= 11 is 0. The van der Waals surface area contributed by atoms with Crippen molar-refractivity contribution < 1.29 is 23.8 Å². The van der Waals surface area contributed by atoms with Gasteiger partial charge in [0, 0.05) is 11.3 Å². The molecule has 0 aromatic heterocycles. The first-order chi connectivity index (χ1) is 15.7. The standard InChI is InChI=1S/C27H24FNO4/c1-15-5-12-22(17(3)13-15)29-24(18-6-9-20(33-4)10-7-18)23(26(31)27(29)32)25(30)19-8-11-21(28)16(2)14-19/h5-14,24,30H,1-4H3/b25-23+. The Hall–Kier alpha value is -3.93. The van der Waals surface area contributed by atoms with Gasteiger partial charge in [-0.1, -0.05) is 29.8 Å². The highest BCUT2D eigenvalue weighted by molar-refractivity contribution is 6.51. The molecule has 0 spiro atoms. The van der Waals surface area contributed by atoms with Crippen molar-refractivity contribution in [3.8, 4) is 5.75 Å². The molecule has 1 atom stereocenters. The lowest BCUT2D eigenvalue weighted by Crippen LogP contribution is -2.30. The molecule has 0 radical (unpaired) electrons. The summed E-state index contributed by atoms with van der Waals surface area (Å²) in [4.78, 5) is 27.9.